The van der Waals surface area contributed by atoms with Gasteiger partial charge in [-0.15, -0.1) is 0 Å². The first-order valence-corrected chi connectivity index (χ1v) is 5.66. The SMILES string of the molecule is Cn1cc(C(=O)Cn2cnc3ccccc32)cn1. The van der Waals surface area contributed by atoms with Gasteiger partial charge in [-0.05, 0) is 12.1 Å². The first-order valence-electron chi connectivity index (χ1n) is 5.66. The topological polar surface area (TPSA) is 52.7 Å². The van der Waals surface area contributed by atoms with E-state index in [4.69, 9.17) is 0 Å². The van der Waals surface area contributed by atoms with E-state index in [1.165, 1.54) is 0 Å². The molecule has 3 aromatic rings. The molecule has 0 saturated heterocycles. The first kappa shape index (κ1) is 10.7. The van der Waals surface area contributed by atoms with E-state index in [-0.39, 0.29) is 12.3 Å². The number of rotatable bonds is 3. The van der Waals surface area contributed by atoms with Crippen LogP contribution in [0.2, 0.25) is 0 Å². The number of para-hydroxylation sites is 2. The van der Waals surface area contributed by atoms with Gasteiger partial charge in [0.1, 0.15) is 0 Å². The van der Waals surface area contributed by atoms with Crippen molar-refractivity contribution in [2.45, 2.75) is 6.54 Å². The Morgan fingerprint density at radius 1 is 1.33 bits per heavy atom. The van der Waals surface area contributed by atoms with Gasteiger partial charge >= 0.3 is 0 Å². The van der Waals surface area contributed by atoms with Gasteiger partial charge in [-0.2, -0.15) is 5.10 Å². The number of ketones is 1. The Kier molecular flexibility index (Phi) is 2.44. The Morgan fingerprint density at radius 3 is 2.94 bits per heavy atom. The van der Waals surface area contributed by atoms with Crippen LogP contribution in [0.5, 0.6) is 0 Å². The minimum absolute atomic E-state index is 0.0336. The lowest BCUT2D eigenvalue weighted by Gasteiger charge is -2.01. The van der Waals surface area contributed by atoms with Crippen molar-refractivity contribution < 1.29 is 4.79 Å². The van der Waals surface area contributed by atoms with E-state index >= 15 is 0 Å². The van der Waals surface area contributed by atoms with Crippen LogP contribution >= 0.6 is 0 Å². The summed E-state index contributed by atoms with van der Waals surface area (Å²) in [5.41, 5.74) is 2.49. The highest BCUT2D eigenvalue weighted by Gasteiger charge is 2.10. The second-order valence-electron chi connectivity index (χ2n) is 4.19. The zero-order chi connectivity index (χ0) is 12.5. The van der Waals surface area contributed by atoms with Gasteiger partial charge in [0.15, 0.2) is 5.78 Å². The maximum atomic E-state index is 12.1. The molecule has 0 N–H and O–H groups in total. The van der Waals surface area contributed by atoms with Crippen molar-refractivity contribution in [2.75, 3.05) is 0 Å². The molecule has 0 spiro atoms. The highest BCUT2D eigenvalue weighted by atomic mass is 16.1. The lowest BCUT2D eigenvalue weighted by Crippen LogP contribution is -2.08. The molecule has 0 bridgehead atoms. The molecule has 5 nitrogen and oxygen atoms in total. The summed E-state index contributed by atoms with van der Waals surface area (Å²) in [4.78, 5) is 16.3. The van der Waals surface area contributed by atoms with Crippen molar-refractivity contribution in [2.24, 2.45) is 7.05 Å². The minimum Gasteiger partial charge on any atom is -0.323 e. The van der Waals surface area contributed by atoms with E-state index in [9.17, 15) is 4.79 Å². The van der Waals surface area contributed by atoms with E-state index in [1.54, 1.807) is 30.5 Å². The molecule has 0 saturated carbocycles. The summed E-state index contributed by atoms with van der Waals surface area (Å²) in [6.07, 6.45) is 5.00. The van der Waals surface area contributed by atoms with Gasteiger partial charge in [0.2, 0.25) is 0 Å². The third kappa shape index (κ3) is 1.79. The molecule has 0 fully saturated rings. The molecule has 0 aliphatic carbocycles. The fourth-order valence-corrected chi connectivity index (χ4v) is 1.95. The van der Waals surface area contributed by atoms with E-state index in [1.807, 2.05) is 28.8 Å². The summed E-state index contributed by atoms with van der Waals surface area (Å²) >= 11 is 0. The lowest BCUT2D eigenvalue weighted by atomic mass is 10.2. The predicted molar refractivity (Wildman–Crippen MR) is 67.3 cm³/mol. The highest BCUT2D eigenvalue weighted by Crippen LogP contribution is 2.12. The molecular formula is C13H12N4O. The van der Waals surface area contributed by atoms with Crippen LogP contribution in [0.3, 0.4) is 0 Å². The average Bonchev–Trinajstić information content (AvgIpc) is 2.97. The molecule has 2 heterocycles. The molecule has 3 rings (SSSR count). The zero-order valence-electron chi connectivity index (χ0n) is 9.95. The summed E-state index contributed by atoms with van der Waals surface area (Å²) in [5.74, 6) is 0.0336. The van der Waals surface area contributed by atoms with Gasteiger partial charge in [0.05, 0.1) is 35.7 Å². The molecule has 18 heavy (non-hydrogen) atoms. The fourth-order valence-electron chi connectivity index (χ4n) is 1.95. The Labute approximate surface area is 104 Å². The Bertz CT molecular complexity index is 710. The summed E-state index contributed by atoms with van der Waals surface area (Å²) in [7, 11) is 1.80. The number of hydrogen-bond acceptors (Lipinski definition) is 3. The molecule has 90 valence electrons. The van der Waals surface area contributed by atoms with Gasteiger partial charge in [0.25, 0.3) is 0 Å². The molecule has 0 unspecified atom stereocenters. The standard InChI is InChI=1S/C13H12N4O/c1-16-7-10(6-15-16)13(18)8-17-9-14-11-4-2-3-5-12(11)17/h2-7,9H,8H2,1H3. The Hall–Kier alpha value is -2.43. The van der Waals surface area contributed by atoms with Gasteiger partial charge < -0.3 is 4.57 Å². The van der Waals surface area contributed by atoms with Gasteiger partial charge in [-0.1, -0.05) is 12.1 Å². The number of aryl methyl sites for hydroxylation is 1. The van der Waals surface area contributed by atoms with Crippen LogP contribution in [0.4, 0.5) is 0 Å². The normalized spacial score (nSPS) is 10.9. The number of imidazole rings is 1. The molecule has 2 aromatic heterocycles. The first-order chi connectivity index (χ1) is 8.74. The van der Waals surface area contributed by atoms with E-state index in [2.05, 4.69) is 10.1 Å². The van der Waals surface area contributed by atoms with Crippen molar-refractivity contribution in [3.63, 3.8) is 0 Å². The molecule has 0 aliphatic heterocycles. The molecule has 0 atom stereocenters. The second-order valence-corrected chi connectivity index (χ2v) is 4.19. The predicted octanol–water partition coefficient (Wildman–Crippen LogP) is 1.65. The average molecular weight is 240 g/mol. The Balaban J connectivity index is 1.90. The molecular weight excluding hydrogens is 228 g/mol. The van der Waals surface area contributed by atoms with Crippen molar-refractivity contribution in [1.82, 2.24) is 19.3 Å². The summed E-state index contributed by atoms with van der Waals surface area (Å²) in [5, 5.41) is 4.00. The fraction of sp³-hybridized carbons (Fsp3) is 0.154. The monoisotopic (exact) mass is 240 g/mol. The minimum atomic E-state index is 0.0336. The van der Waals surface area contributed by atoms with Gasteiger partial charge in [-0.25, -0.2) is 4.98 Å². The van der Waals surface area contributed by atoms with Crippen LogP contribution in [0, 0.1) is 0 Å². The maximum absolute atomic E-state index is 12.1. The van der Waals surface area contributed by atoms with E-state index in [0.29, 0.717) is 5.56 Å². The maximum Gasteiger partial charge on any atom is 0.185 e. The molecule has 1 aromatic carbocycles. The summed E-state index contributed by atoms with van der Waals surface area (Å²) in [6.45, 7) is 0.284. The number of hydrogen-bond donors (Lipinski definition) is 0. The summed E-state index contributed by atoms with van der Waals surface area (Å²) in [6, 6.07) is 7.76. The van der Waals surface area contributed by atoms with Crippen LogP contribution in [0.25, 0.3) is 11.0 Å². The molecule has 0 aliphatic rings. The van der Waals surface area contributed by atoms with Crippen LogP contribution in [-0.2, 0) is 13.6 Å². The molecule has 0 radical (unpaired) electrons. The van der Waals surface area contributed by atoms with E-state index < -0.39 is 0 Å². The van der Waals surface area contributed by atoms with Crippen molar-refractivity contribution >= 4 is 16.8 Å². The third-order valence-corrected chi connectivity index (χ3v) is 2.87. The van der Waals surface area contributed by atoms with Crippen molar-refractivity contribution in [1.29, 1.82) is 0 Å². The van der Waals surface area contributed by atoms with Crippen LogP contribution in [0.1, 0.15) is 10.4 Å². The number of nitrogens with zero attached hydrogens (tertiary/aromatic N) is 4. The van der Waals surface area contributed by atoms with Crippen LogP contribution in [0.15, 0.2) is 43.0 Å². The van der Waals surface area contributed by atoms with Crippen molar-refractivity contribution in [3.8, 4) is 0 Å². The van der Waals surface area contributed by atoms with Gasteiger partial charge in [-0.3, -0.25) is 9.48 Å². The summed E-state index contributed by atoms with van der Waals surface area (Å²) < 4.78 is 3.48. The van der Waals surface area contributed by atoms with Crippen molar-refractivity contribution in [3.05, 3.63) is 48.5 Å². The number of Topliss-reactive ketones (excluding diaryl/α,β-unsaturated/α-hetero) is 1. The third-order valence-electron chi connectivity index (χ3n) is 2.87. The van der Waals surface area contributed by atoms with Crippen LogP contribution in [-0.4, -0.2) is 25.1 Å². The Morgan fingerprint density at radius 2 is 2.17 bits per heavy atom. The largest absolute Gasteiger partial charge is 0.323 e. The number of carbonyl (C=O) groups is 1. The molecule has 5 heteroatoms. The number of carbonyl (C=O) groups excluding carboxylic acids is 1. The van der Waals surface area contributed by atoms with Gasteiger partial charge in [0, 0.05) is 13.2 Å². The second kappa shape index (κ2) is 4.10. The molecule has 0 amide bonds. The van der Waals surface area contributed by atoms with E-state index in [0.717, 1.165) is 11.0 Å². The zero-order valence-corrected chi connectivity index (χ0v) is 9.95. The quantitative estimate of drug-likeness (QED) is 0.654. The number of aromatic nitrogens is 4. The number of benzene rings is 1. The smallest absolute Gasteiger partial charge is 0.185 e. The highest BCUT2D eigenvalue weighted by molar-refractivity contribution is 5.96. The lowest BCUT2D eigenvalue weighted by molar-refractivity contribution is 0.0973. The number of fused-ring (bicyclic) bond motifs is 1. The van der Waals surface area contributed by atoms with Crippen LogP contribution < -0.4 is 0 Å².